The second-order valence-corrected chi connectivity index (χ2v) is 7.31. The maximum absolute atomic E-state index is 14.9. The molecule has 1 aromatic heterocycles. The second kappa shape index (κ2) is 5.74. The predicted octanol–water partition coefficient (Wildman–Crippen LogP) is 1.78. The van der Waals surface area contributed by atoms with Crippen molar-refractivity contribution in [3.8, 4) is 0 Å². The van der Waals surface area contributed by atoms with Gasteiger partial charge >= 0.3 is 6.03 Å². The smallest absolute Gasteiger partial charge is 0.329 e. The molecule has 3 amide bonds. The number of amides is 3. The van der Waals surface area contributed by atoms with E-state index < -0.39 is 11.8 Å². The van der Waals surface area contributed by atoms with Crippen molar-refractivity contribution in [3.63, 3.8) is 0 Å². The summed E-state index contributed by atoms with van der Waals surface area (Å²) in [6.07, 6.45) is 1.46. The van der Waals surface area contributed by atoms with E-state index in [2.05, 4.69) is 10.4 Å². The maximum atomic E-state index is 14.9. The molecule has 2 aromatic rings. The number of hydrogen-bond donors (Lipinski definition) is 1. The predicted molar refractivity (Wildman–Crippen MR) is 92.8 cm³/mol. The highest BCUT2D eigenvalue weighted by atomic mass is 19.1. The number of nitrogens with zero attached hydrogens (tertiary/aromatic N) is 3. The van der Waals surface area contributed by atoms with Gasteiger partial charge in [0.25, 0.3) is 0 Å². The lowest BCUT2D eigenvalue weighted by Crippen LogP contribution is -2.49. The molecule has 9 heteroatoms. The molecule has 1 spiro atoms. The number of aryl methyl sites for hydroxylation is 1. The van der Waals surface area contributed by atoms with Gasteiger partial charge in [0.15, 0.2) is 11.6 Å². The van der Waals surface area contributed by atoms with Gasteiger partial charge in [0.2, 0.25) is 5.91 Å². The minimum absolute atomic E-state index is 0.0294. The van der Waals surface area contributed by atoms with E-state index in [4.69, 9.17) is 9.47 Å². The highest BCUT2D eigenvalue weighted by molar-refractivity contribution is 6.08. The van der Waals surface area contributed by atoms with Crippen LogP contribution in [0.2, 0.25) is 0 Å². The molecule has 27 heavy (non-hydrogen) atoms. The number of carbonyl (C=O) groups excluding carboxylic acids is 2. The summed E-state index contributed by atoms with van der Waals surface area (Å²) >= 11 is 0. The lowest BCUT2D eigenvalue weighted by molar-refractivity contribution is -0.215. The summed E-state index contributed by atoms with van der Waals surface area (Å²) in [6, 6.07) is 2.69. The van der Waals surface area contributed by atoms with Crippen molar-refractivity contribution in [1.29, 1.82) is 0 Å². The van der Waals surface area contributed by atoms with E-state index in [-0.39, 0.29) is 30.6 Å². The monoisotopic (exact) mass is 374 g/mol. The van der Waals surface area contributed by atoms with Crippen molar-refractivity contribution in [1.82, 2.24) is 15.1 Å². The molecule has 5 rings (SSSR count). The van der Waals surface area contributed by atoms with Gasteiger partial charge in [0.05, 0.1) is 18.7 Å². The van der Waals surface area contributed by atoms with Gasteiger partial charge < -0.3 is 9.47 Å². The van der Waals surface area contributed by atoms with Gasteiger partial charge in [0, 0.05) is 38.2 Å². The summed E-state index contributed by atoms with van der Waals surface area (Å²) in [4.78, 5) is 24.9. The van der Waals surface area contributed by atoms with E-state index in [9.17, 15) is 14.0 Å². The van der Waals surface area contributed by atoms with Gasteiger partial charge in [-0.05, 0) is 23.6 Å². The number of anilines is 1. The molecular weight excluding hydrogens is 355 g/mol. The SMILES string of the molecule is Cn1nc(N2CCC(=O)NC2=O)c2cc(F)c(C3CC4(C3)OCCO4)cc21. The molecule has 0 atom stereocenters. The van der Waals surface area contributed by atoms with E-state index in [1.54, 1.807) is 17.8 Å². The fraction of sp³-hybridized carbons (Fsp3) is 0.500. The molecule has 0 radical (unpaired) electrons. The van der Waals surface area contributed by atoms with Crippen LogP contribution >= 0.6 is 0 Å². The molecule has 3 heterocycles. The van der Waals surface area contributed by atoms with Crippen LogP contribution < -0.4 is 10.2 Å². The third-order valence-electron chi connectivity index (χ3n) is 5.63. The minimum Gasteiger partial charge on any atom is -0.347 e. The van der Waals surface area contributed by atoms with Crippen molar-refractivity contribution < 1.29 is 23.5 Å². The molecule has 2 saturated heterocycles. The van der Waals surface area contributed by atoms with Crippen LogP contribution in [0, 0.1) is 5.82 Å². The van der Waals surface area contributed by atoms with Crippen LogP contribution in [0.3, 0.4) is 0 Å². The zero-order chi connectivity index (χ0) is 18.8. The zero-order valence-electron chi connectivity index (χ0n) is 14.8. The number of hydrogen-bond acceptors (Lipinski definition) is 5. The fourth-order valence-corrected chi connectivity index (χ4v) is 4.20. The Labute approximate surface area is 154 Å². The Balaban J connectivity index is 1.49. The summed E-state index contributed by atoms with van der Waals surface area (Å²) in [6.45, 7) is 1.39. The summed E-state index contributed by atoms with van der Waals surface area (Å²) in [5.74, 6) is -0.803. The number of urea groups is 1. The van der Waals surface area contributed by atoms with Crippen molar-refractivity contribution in [3.05, 3.63) is 23.5 Å². The third-order valence-corrected chi connectivity index (χ3v) is 5.63. The van der Waals surface area contributed by atoms with Crippen LogP contribution in [0.5, 0.6) is 0 Å². The lowest BCUT2D eigenvalue weighted by Gasteiger charge is -2.43. The first kappa shape index (κ1) is 16.6. The van der Waals surface area contributed by atoms with E-state index in [0.29, 0.717) is 42.8 Å². The number of benzene rings is 1. The Kier molecular flexibility index (Phi) is 3.54. The summed E-state index contributed by atoms with van der Waals surface area (Å²) in [7, 11) is 1.76. The Morgan fingerprint density at radius 3 is 2.70 bits per heavy atom. The Bertz CT molecular complexity index is 958. The van der Waals surface area contributed by atoms with Crippen LogP contribution in [0.25, 0.3) is 10.9 Å². The molecule has 1 saturated carbocycles. The topological polar surface area (TPSA) is 85.7 Å². The number of fused-ring (bicyclic) bond motifs is 1. The van der Waals surface area contributed by atoms with Crippen molar-refractivity contribution in [2.75, 3.05) is 24.7 Å². The van der Waals surface area contributed by atoms with E-state index in [1.807, 2.05) is 0 Å². The average molecular weight is 374 g/mol. The molecule has 1 aromatic carbocycles. The van der Waals surface area contributed by atoms with Gasteiger partial charge in [-0.25, -0.2) is 9.18 Å². The van der Waals surface area contributed by atoms with Crippen LogP contribution in [0.15, 0.2) is 12.1 Å². The van der Waals surface area contributed by atoms with E-state index >= 15 is 0 Å². The Morgan fingerprint density at radius 1 is 1.26 bits per heavy atom. The number of halogens is 1. The minimum atomic E-state index is -0.540. The zero-order valence-corrected chi connectivity index (χ0v) is 14.8. The van der Waals surface area contributed by atoms with Crippen molar-refractivity contribution in [2.24, 2.45) is 7.05 Å². The summed E-state index contributed by atoms with van der Waals surface area (Å²) in [5.41, 5.74) is 1.35. The molecule has 1 N–H and O–H groups in total. The van der Waals surface area contributed by atoms with Gasteiger partial charge in [0.1, 0.15) is 5.82 Å². The second-order valence-electron chi connectivity index (χ2n) is 7.31. The van der Waals surface area contributed by atoms with E-state index in [1.165, 1.54) is 11.0 Å². The molecule has 8 nitrogen and oxygen atoms in total. The van der Waals surface area contributed by atoms with Crippen LogP contribution in [0.1, 0.15) is 30.7 Å². The number of imide groups is 1. The fourth-order valence-electron chi connectivity index (χ4n) is 4.20. The summed E-state index contributed by atoms with van der Waals surface area (Å²) in [5, 5.41) is 7.22. The molecule has 0 unspecified atom stereocenters. The first-order valence-electron chi connectivity index (χ1n) is 9.01. The highest BCUT2D eigenvalue weighted by Gasteiger charge is 2.50. The highest BCUT2D eigenvalue weighted by Crippen LogP contribution is 2.50. The number of carbonyl (C=O) groups is 2. The average Bonchev–Trinajstić information content (AvgIpc) is 3.19. The van der Waals surface area contributed by atoms with E-state index in [0.717, 1.165) is 5.52 Å². The van der Waals surface area contributed by atoms with Crippen LogP contribution in [-0.2, 0) is 21.3 Å². The molecule has 0 bridgehead atoms. The molecule has 142 valence electrons. The molecule has 3 aliphatic rings. The Morgan fingerprint density at radius 2 is 2.00 bits per heavy atom. The third kappa shape index (κ3) is 2.53. The van der Waals surface area contributed by atoms with Crippen LogP contribution in [0.4, 0.5) is 15.0 Å². The number of nitrogens with one attached hydrogen (secondary N) is 1. The molecular formula is C18H19FN4O4. The standard InChI is InChI=1S/C18H19FN4O4/c1-22-14-7-11(10-8-18(9-10)26-4-5-27-18)13(19)6-12(14)16(21-22)23-3-2-15(24)20-17(23)25/h6-7,10H,2-5,8-9H2,1H3,(H,20,24,25). The summed E-state index contributed by atoms with van der Waals surface area (Å²) < 4.78 is 27.8. The first-order chi connectivity index (χ1) is 13.0. The van der Waals surface area contributed by atoms with Gasteiger partial charge in [-0.1, -0.05) is 0 Å². The number of rotatable bonds is 2. The molecule has 2 aliphatic heterocycles. The largest absolute Gasteiger partial charge is 0.347 e. The Hall–Kier alpha value is -2.52. The normalized spacial score (nSPS) is 22.5. The quantitative estimate of drug-likeness (QED) is 0.866. The number of aromatic nitrogens is 2. The van der Waals surface area contributed by atoms with Gasteiger partial charge in [-0.15, -0.1) is 0 Å². The molecule has 1 aliphatic carbocycles. The van der Waals surface area contributed by atoms with Gasteiger partial charge in [-0.3, -0.25) is 19.7 Å². The lowest BCUT2D eigenvalue weighted by atomic mass is 9.74. The van der Waals surface area contributed by atoms with Gasteiger partial charge in [-0.2, -0.15) is 5.10 Å². The van der Waals surface area contributed by atoms with Crippen molar-refractivity contribution in [2.45, 2.75) is 31.0 Å². The molecule has 3 fully saturated rings. The maximum Gasteiger partial charge on any atom is 0.329 e. The first-order valence-corrected chi connectivity index (χ1v) is 9.01. The van der Waals surface area contributed by atoms with Crippen LogP contribution in [-0.4, -0.2) is 47.3 Å². The number of ether oxygens (including phenoxy) is 2. The van der Waals surface area contributed by atoms with Crippen molar-refractivity contribution >= 4 is 28.7 Å².